The molecule has 5 rings (SSSR count). The highest BCUT2D eigenvalue weighted by Gasteiger charge is 2.28. The van der Waals surface area contributed by atoms with Crippen LogP contribution in [-0.2, 0) is 11.5 Å². The van der Waals surface area contributed by atoms with Gasteiger partial charge >= 0.3 is 0 Å². The van der Waals surface area contributed by atoms with Gasteiger partial charge in [0, 0.05) is 22.0 Å². The van der Waals surface area contributed by atoms with Gasteiger partial charge in [0.05, 0.1) is 5.57 Å². The number of anilines is 2. The second kappa shape index (κ2) is 6.57. The summed E-state index contributed by atoms with van der Waals surface area (Å²) in [7, 11) is 0. The second-order valence-electron chi connectivity index (χ2n) is 7.29. The predicted molar refractivity (Wildman–Crippen MR) is 115 cm³/mol. The molecule has 2 aliphatic rings. The van der Waals surface area contributed by atoms with Gasteiger partial charge in [-0.1, -0.05) is 29.0 Å². The van der Waals surface area contributed by atoms with Gasteiger partial charge in [0.15, 0.2) is 4.80 Å². The summed E-state index contributed by atoms with van der Waals surface area (Å²) in [5.74, 6) is -0.287. The van der Waals surface area contributed by atoms with Crippen LogP contribution in [0.25, 0.3) is 5.57 Å². The Bertz CT molecular complexity index is 1350. The molecule has 0 saturated heterocycles. The van der Waals surface area contributed by atoms with Crippen LogP contribution in [-0.4, -0.2) is 17.1 Å². The third kappa shape index (κ3) is 2.97. The van der Waals surface area contributed by atoms with Crippen molar-refractivity contribution in [1.29, 1.82) is 0 Å². The van der Waals surface area contributed by atoms with E-state index in [1.807, 2.05) is 0 Å². The fourth-order valence-corrected chi connectivity index (χ4v) is 5.05. The first-order valence-electron chi connectivity index (χ1n) is 9.13. The van der Waals surface area contributed by atoms with E-state index in [0.717, 1.165) is 16.8 Å². The smallest absolute Gasteiger partial charge is 0.272 e. The molecule has 3 aromatic rings. The number of hydrogen-bond donors (Lipinski definition) is 1. The van der Waals surface area contributed by atoms with E-state index < -0.39 is 0 Å². The molecular formula is C21H17ClN4O2S. The molecule has 0 spiro atoms. The molecule has 0 saturated carbocycles. The first-order chi connectivity index (χ1) is 13.9. The van der Waals surface area contributed by atoms with Crippen LogP contribution in [0.2, 0.25) is 5.02 Å². The zero-order valence-corrected chi connectivity index (χ0v) is 17.4. The zero-order valence-electron chi connectivity index (χ0n) is 15.8. The van der Waals surface area contributed by atoms with Crippen molar-refractivity contribution in [2.45, 2.75) is 20.5 Å². The molecule has 3 heterocycles. The largest absolute Gasteiger partial charge is 0.334 e. The number of carbonyl (C=O) groups is 1. The number of carbonyl (C=O) groups excluding carboxylic acids is 1. The maximum Gasteiger partial charge on any atom is 0.272 e. The van der Waals surface area contributed by atoms with Gasteiger partial charge in [-0.3, -0.25) is 14.2 Å². The fraction of sp³-hybridized carbons (Fsp3) is 0.190. The van der Waals surface area contributed by atoms with Gasteiger partial charge in [0.25, 0.3) is 11.5 Å². The fourth-order valence-electron chi connectivity index (χ4n) is 3.82. The van der Waals surface area contributed by atoms with Crippen molar-refractivity contribution in [3.63, 3.8) is 0 Å². The van der Waals surface area contributed by atoms with Crippen molar-refractivity contribution in [2.75, 3.05) is 16.9 Å². The Morgan fingerprint density at radius 3 is 2.62 bits per heavy atom. The molecule has 1 amide bonds. The molecule has 0 unspecified atom stereocenters. The van der Waals surface area contributed by atoms with Crippen LogP contribution in [0.1, 0.15) is 16.7 Å². The minimum atomic E-state index is -0.287. The zero-order chi connectivity index (χ0) is 20.3. The molecule has 0 bridgehead atoms. The number of aromatic nitrogens is 1. The van der Waals surface area contributed by atoms with Gasteiger partial charge in [0.2, 0.25) is 0 Å². The van der Waals surface area contributed by atoms with E-state index in [1.165, 1.54) is 11.3 Å². The van der Waals surface area contributed by atoms with Crippen molar-refractivity contribution < 1.29 is 4.79 Å². The lowest BCUT2D eigenvalue weighted by Crippen LogP contribution is -2.43. The van der Waals surface area contributed by atoms with Gasteiger partial charge in [0.1, 0.15) is 17.9 Å². The van der Waals surface area contributed by atoms with Gasteiger partial charge in [-0.2, -0.15) is 0 Å². The quantitative estimate of drug-likeness (QED) is 0.652. The molecule has 29 heavy (non-hydrogen) atoms. The lowest BCUT2D eigenvalue weighted by molar-refractivity contribution is -0.110. The first kappa shape index (κ1) is 18.1. The summed E-state index contributed by atoms with van der Waals surface area (Å²) in [6, 6.07) is 11.5. The molecule has 0 aliphatic carbocycles. The average Bonchev–Trinajstić information content (AvgIpc) is 3.16. The molecule has 146 valence electrons. The summed E-state index contributed by atoms with van der Waals surface area (Å²) >= 11 is 7.37. The number of halogens is 1. The van der Waals surface area contributed by atoms with Crippen LogP contribution in [0.3, 0.4) is 0 Å². The summed E-state index contributed by atoms with van der Waals surface area (Å²) in [6.45, 7) is 4.96. The topological polar surface area (TPSA) is 66.7 Å². The van der Waals surface area contributed by atoms with Crippen molar-refractivity contribution >= 4 is 45.8 Å². The van der Waals surface area contributed by atoms with E-state index in [2.05, 4.69) is 47.3 Å². The van der Waals surface area contributed by atoms with Crippen molar-refractivity contribution in [3.8, 4) is 0 Å². The highest BCUT2D eigenvalue weighted by molar-refractivity contribution is 7.07. The summed E-state index contributed by atoms with van der Waals surface area (Å²) in [4.78, 5) is 33.1. The normalized spacial score (nSPS) is 16.9. The molecule has 0 radical (unpaired) electrons. The van der Waals surface area contributed by atoms with Gasteiger partial charge < -0.3 is 10.2 Å². The summed E-state index contributed by atoms with van der Waals surface area (Å²) in [6.07, 6.45) is 0. The average molecular weight is 425 g/mol. The summed E-state index contributed by atoms with van der Waals surface area (Å²) in [5.41, 5.74) is 4.84. The number of nitrogens with one attached hydrogen (secondary N) is 1. The highest BCUT2D eigenvalue weighted by Crippen LogP contribution is 2.32. The standard InChI is InChI=1S/C21H17ClN4O2S/c1-11-5-12(2)7-14(6-11)25-9-23-21-26(10-25)20(28)18(29-21)17-15-8-13(22)3-4-16(15)24-19(17)27/h3-8H,9-10H2,1-2H3,(H,24,27). The van der Waals surface area contributed by atoms with E-state index in [-0.39, 0.29) is 11.5 Å². The first-order valence-corrected chi connectivity index (χ1v) is 10.3. The summed E-state index contributed by atoms with van der Waals surface area (Å²) in [5, 5.41) is 3.33. The van der Waals surface area contributed by atoms with Crippen LogP contribution >= 0.6 is 22.9 Å². The molecule has 6 nitrogen and oxygen atoms in total. The molecule has 8 heteroatoms. The second-order valence-corrected chi connectivity index (χ2v) is 8.71. The van der Waals surface area contributed by atoms with Crippen LogP contribution in [0.15, 0.2) is 46.2 Å². The van der Waals surface area contributed by atoms with Crippen LogP contribution in [0.4, 0.5) is 11.4 Å². The number of hydrogen-bond acceptors (Lipinski definition) is 5. The Labute approximate surface area is 175 Å². The Balaban J connectivity index is 1.65. The van der Waals surface area contributed by atoms with E-state index in [9.17, 15) is 9.59 Å². The number of rotatable bonds is 1. The maximum absolute atomic E-state index is 13.2. The highest BCUT2D eigenvalue weighted by atomic mass is 35.5. The van der Waals surface area contributed by atoms with Gasteiger partial charge in [-0.25, -0.2) is 4.99 Å². The molecule has 0 fully saturated rings. The number of amides is 1. The van der Waals surface area contributed by atoms with Gasteiger partial charge in [-0.05, 0) is 55.3 Å². The van der Waals surface area contributed by atoms with E-state index in [1.54, 1.807) is 22.8 Å². The molecule has 1 aromatic heterocycles. The lowest BCUT2D eigenvalue weighted by Gasteiger charge is -2.26. The van der Waals surface area contributed by atoms with Crippen LogP contribution in [0, 0.1) is 13.8 Å². The molecule has 2 aromatic carbocycles. The Kier molecular flexibility index (Phi) is 4.11. The Morgan fingerprint density at radius 1 is 1.10 bits per heavy atom. The number of benzene rings is 2. The number of nitrogens with zero attached hydrogens (tertiary/aromatic N) is 3. The molecule has 0 atom stereocenters. The molecule has 1 N–H and O–H groups in total. The number of thiazole rings is 1. The molecular weight excluding hydrogens is 408 g/mol. The van der Waals surface area contributed by atoms with Crippen molar-refractivity contribution in [3.05, 3.63) is 77.8 Å². The van der Waals surface area contributed by atoms with Crippen LogP contribution < -0.4 is 25.1 Å². The lowest BCUT2D eigenvalue weighted by atomic mass is 10.1. The maximum atomic E-state index is 13.2. The van der Waals surface area contributed by atoms with Crippen LogP contribution in [0.5, 0.6) is 0 Å². The monoisotopic (exact) mass is 424 g/mol. The molecule has 2 aliphatic heterocycles. The van der Waals surface area contributed by atoms with Gasteiger partial charge in [-0.15, -0.1) is 0 Å². The predicted octanol–water partition coefficient (Wildman–Crippen LogP) is 2.39. The summed E-state index contributed by atoms with van der Waals surface area (Å²) < 4.78 is 2.02. The Hall–Kier alpha value is -2.90. The van der Waals surface area contributed by atoms with E-state index in [0.29, 0.717) is 44.5 Å². The number of aryl methyl sites for hydroxylation is 2. The Morgan fingerprint density at radius 2 is 1.86 bits per heavy atom. The third-order valence-electron chi connectivity index (χ3n) is 5.08. The third-order valence-corrected chi connectivity index (χ3v) is 6.43. The van der Waals surface area contributed by atoms with E-state index >= 15 is 0 Å². The minimum absolute atomic E-state index is 0.208. The number of fused-ring (bicyclic) bond motifs is 2. The van der Waals surface area contributed by atoms with E-state index in [4.69, 9.17) is 11.6 Å². The SMILES string of the molecule is Cc1cc(C)cc(N2CN=c3sc(=C4C(=O)Nc5ccc(Cl)cc54)c(=O)n3C2)c1. The minimum Gasteiger partial charge on any atom is -0.334 e. The van der Waals surface area contributed by atoms with Crippen molar-refractivity contribution in [2.24, 2.45) is 4.99 Å². The van der Waals surface area contributed by atoms with Crippen molar-refractivity contribution in [1.82, 2.24) is 4.57 Å².